The Morgan fingerprint density at radius 3 is 2.40 bits per heavy atom. The summed E-state index contributed by atoms with van der Waals surface area (Å²) in [7, 11) is 0. The largest absolute Gasteiger partial charge is 0.197 e. The normalized spacial score (nSPS) is 14.3. The molecule has 1 rings (SSSR count). The van der Waals surface area contributed by atoms with Gasteiger partial charge in [0.25, 0.3) is 0 Å². The maximum absolute atomic E-state index is 9.07. The van der Waals surface area contributed by atoms with Crippen molar-refractivity contribution < 1.29 is 0 Å². The van der Waals surface area contributed by atoms with Gasteiger partial charge < -0.3 is 0 Å². The number of hydrogen-bond donors (Lipinski definition) is 0. The van der Waals surface area contributed by atoms with Crippen molar-refractivity contribution in [2.45, 2.75) is 37.3 Å². The van der Waals surface area contributed by atoms with Crippen LogP contribution in [0.25, 0.3) is 0 Å². The van der Waals surface area contributed by atoms with E-state index in [0.29, 0.717) is 5.92 Å². The van der Waals surface area contributed by atoms with E-state index < -0.39 is 0 Å². The standard InChI is InChI=1S/C13H17NS/c1-4-11(3)13(9-14)15-12-7-5-10(2)6-8-12/h5-8,11,13H,4H2,1-3H3. The van der Waals surface area contributed by atoms with Crippen LogP contribution in [0.1, 0.15) is 25.8 Å². The highest BCUT2D eigenvalue weighted by Gasteiger charge is 2.15. The second-order valence-electron chi connectivity index (χ2n) is 3.87. The molecule has 2 heteroatoms. The van der Waals surface area contributed by atoms with E-state index in [1.807, 2.05) is 0 Å². The number of nitrogens with zero attached hydrogens (tertiary/aromatic N) is 1. The van der Waals surface area contributed by atoms with Crippen LogP contribution in [0.15, 0.2) is 29.2 Å². The number of aryl methyl sites for hydroxylation is 1. The van der Waals surface area contributed by atoms with Crippen molar-refractivity contribution in [3.63, 3.8) is 0 Å². The van der Waals surface area contributed by atoms with Crippen LogP contribution in [0, 0.1) is 24.2 Å². The van der Waals surface area contributed by atoms with Gasteiger partial charge in [-0.05, 0) is 25.0 Å². The first-order valence-electron chi connectivity index (χ1n) is 5.30. The van der Waals surface area contributed by atoms with E-state index in [1.54, 1.807) is 11.8 Å². The third-order valence-corrected chi connectivity index (χ3v) is 3.94. The highest BCUT2D eigenvalue weighted by atomic mass is 32.2. The lowest BCUT2D eigenvalue weighted by atomic mass is 10.1. The first kappa shape index (κ1) is 12.1. The number of nitriles is 1. The molecule has 2 atom stereocenters. The Morgan fingerprint density at radius 2 is 1.93 bits per heavy atom. The minimum atomic E-state index is 0.0673. The van der Waals surface area contributed by atoms with Crippen molar-refractivity contribution in [1.82, 2.24) is 0 Å². The van der Waals surface area contributed by atoms with Gasteiger partial charge in [0, 0.05) is 4.90 Å². The van der Waals surface area contributed by atoms with E-state index in [2.05, 4.69) is 51.1 Å². The van der Waals surface area contributed by atoms with Gasteiger partial charge in [-0.2, -0.15) is 5.26 Å². The molecule has 15 heavy (non-hydrogen) atoms. The highest BCUT2D eigenvalue weighted by molar-refractivity contribution is 8.00. The summed E-state index contributed by atoms with van der Waals surface area (Å²) in [4.78, 5) is 1.19. The van der Waals surface area contributed by atoms with Gasteiger partial charge in [-0.15, -0.1) is 11.8 Å². The fraction of sp³-hybridized carbons (Fsp3) is 0.462. The van der Waals surface area contributed by atoms with Crippen molar-refractivity contribution in [2.75, 3.05) is 0 Å². The zero-order valence-electron chi connectivity index (χ0n) is 9.53. The highest BCUT2D eigenvalue weighted by Crippen LogP contribution is 2.29. The van der Waals surface area contributed by atoms with Gasteiger partial charge in [0.15, 0.2) is 0 Å². The van der Waals surface area contributed by atoms with E-state index in [0.717, 1.165) is 6.42 Å². The minimum absolute atomic E-state index is 0.0673. The number of rotatable bonds is 4. The maximum atomic E-state index is 9.07. The van der Waals surface area contributed by atoms with Crippen LogP contribution < -0.4 is 0 Å². The van der Waals surface area contributed by atoms with Crippen LogP contribution in [0.2, 0.25) is 0 Å². The zero-order valence-corrected chi connectivity index (χ0v) is 10.3. The molecule has 0 saturated carbocycles. The van der Waals surface area contributed by atoms with Crippen molar-refractivity contribution >= 4 is 11.8 Å². The van der Waals surface area contributed by atoms with Gasteiger partial charge in [0.1, 0.15) is 0 Å². The lowest BCUT2D eigenvalue weighted by molar-refractivity contribution is 0.589. The molecule has 0 radical (unpaired) electrons. The van der Waals surface area contributed by atoms with Gasteiger partial charge in [0.05, 0.1) is 11.3 Å². The molecule has 0 N–H and O–H groups in total. The Balaban J connectivity index is 2.68. The van der Waals surface area contributed by atoms with Crippen LogP contribution in [0.5, 0.6) is 0 Å². The van der Waals surface area contributed by atoms with Crippen molar-refractivity contribution in [3.8, 4) is 6.07 Å². The first-order chi connectivity index (χ1) is 7.17. The molecule has 0 heterocycles. The first-order valence-corrected chi connectivity index (χ1v) is 6.18. The average molecular weight is 219 g/mol. The van der Waals surface area contributed by atoms with E-state index in [1.165, 1.54) is 10.5 Å². The summed E-state index contributed by atoms with van der Waals surface area (Å²) in [6.45, 7) is 6.34. The fourth-order valence-electron chi connectivity index (χ4n) is 1.25. The van der Waals surface area contributed by atoms with Gasteiger partial charge >= 0.3 is 0 Å². The van der Waals surface area contributed by atoms with Crippen LogP contribution in [0.4, 0.5) is 0 Å². The zero-order chi connectivity index (χ0) is 11.3. The molecule has 1 aromatic rings. The summed E-state index contributed by atoms with van der Waals surface area (Å²) < 4.78 is 0. The summed E-state index contributed by atoms with van der Waals surface area (Å²) in [6.07, 6.45) is 1.05. The third kappa shape index (κ3) is 3.60. The lowest BCUT2D eigenvalue weighted by Gasteiger charge is -2.14. The molecule has 0 aliphatic heterocycles. The van der Waals surface area contributed by atoms with Crippen LogP contribution >= 0.6 is 11.8 Å². The summed E-state index contributed by atoms with van der Waals surface area (Å²) in [5.41, 5.74) is 1.26. The average Bonchev–Trinajstić information content (AvgIpc) is 2.27. The van der Waals surface area contributed by atoms with E-state index in [-0.39, 0.29) is 5.25 Å². The van der Waals surface area contributed by atoms with Gasteiger partial charge in [0.2, 0.25) is 0 Å². The monoisotopic (exact) mass is 219 g/mol. The maximum Gasteiger partial charge on any atom is 0.0988 e. The Bertz CT molecular complexity index is 337. The molecule has 2 unspecified atom stereocenters. The Kier molecular flexibility index (Phi) is 4.71. The summed E-state index contributed by atoms with van der Waals surface area (Å²) >= 11 is 1.67. The fourth-order valence-corrected chi connectivity index (χ4v) is 2.31. The third-order valence-electron chi connectivity index (χ3n) is 2.57. The van der Waals surface area contributed by atoms with Crippen LogP contribution in [0.3, 0.4) is 0 Å². The molecular weight excluding hydrogens is 202 g/mol. The Morgan fingerprint density at radius 1 is 1.33 bits per heavy atom. The number of thioether (sulfide) groups is 1. The summed E-state index contributed by atoms with van der Waals surface area (Å²) in [5, 5.41) is 9.14. The summed E-state index contributed by atoms with van der Waals surface area (Å²) in [5.74, 6) is 0.446. The molecule has 0 spiro atoms. The van der Waals surface area contributed by atoms with Crippen LogP contribution in [-0.4, -0.2) is 5.25 Å². The second-order valence-corrected chi connectivity index (χ2v) is 5.08. The molecule has 0 bridgehead atoms. The molecule has 0 aromatic heterocycles. The molecule has 0 saturated heterocycles. The van der Waals surface area contributed by atoms with E-state index in [4.69, 9.17) is 5.26 Å². The predicted octanol–water partition coefficient (Wildman–Crippen LogP) is 4.03. The molecule has 0 aliphatic carbocycles. The Hall–Kier alpha value is -0.940. The number of hydrogen-bond acceptors (Lipinski definition) is 2. The van der Waals surface area contributed by atoms with Gasteiger partial charge in [-0.3, -0.25) is 0 Å². The van der Waals surface area contributed by atoms with Crippen molar-refractivity contribution in [1.29, 1.82) is 5.26 Å². The molecule has 0 fully saturated rings. The molecular formula is C13H17NS. The molecule has 1 nitrogen and oxygen atoms in total. The van der Waals surface area contributed by atoms with Crippen LogP contribution in [-0.2, 0) is 0 Å². The molecule has 80 valence electrons. The van der Waals surface area contributed by atoms with Crippen molar-refractivity contribution in [3.05, 3.63) is 29.8 Å². The van der Waals surface area contributed by atoms with Gasteiger partial charge in [-0.1, -0.05) is 38.0 Å². The summed E-state index contributed by atoms with van der Waals surface area (Å²) in [6, 6.07) is 10.7. The minimum Gasteiger partial charge on any atom is -0.197 e. The SMILES string of the molecule is CCC(C)C(C#N)Sc1ccc(C)cc1. The quantitative estimate of drug-likeness (QED) is 0.714. The molecule has 0 amide bonds. The topological polar surface area (TPSA) is 23.8 Å². The van der Waals surface area contributed by atoms with E-state index in [9.17, 15) is 0 Å². The second kappa shape index (κ2) is 5.82. The lowest BCUT2D eigenvalue weighted by Crippen LogP contribution is -2.10. The van der Waals surface area contributed by atoms with Crippen molar-refractivity contribution in [2.24, 2.45) is 5.92 Å². The molecule has 1 aromatic carbocycles. The predicted molar refractivity (Wildman–Crippen MR) is 65.9 cm³/mol. The molecule has 0 aliphatic rings. The number of benzene rings is 1. The smallest absolute Gasteiger partial charge is 0.0988 e. The van der Waals surface area contributed by atoms with E-state index >= 15 is 0 Å². The van der Waals surface area contributed by atoms with Gasteiger partial charge in [-0.25, -0.2) is 0 Å². The Labute approximate surface area is 96.5 Å².